The normalized spacial score (nSPS) is 18.7. The quantitative estimate of drug-likeness (QED) is 0.531. The molecule has 0 N–H and O–H groups in total. The van der Waals surface area contributed by atoms with Gasteiger partial charge in [-0.15, -0.1) is 0 Å². The Labute approximate surface area is 205 Å². The molecule has 0 fully saturated rings. The number of ketones is 2. The molecule has 0 amide bonds. The van der Waals surface area contributed by atoms with Crippen LogP contribution in [0, 0.1) is 0 Å². The fraction of sp³-hybridized carbons (Fsp3) is 0.357. The third-order valence-corrected chi connectivity index (χ3v) is 7.28. The van der Waals surface area contributed by atoms with Gasteiger partial charge in [0.05, 0.1) is 7.11 Å². The SMILES string of the molecule is COc1cc(C2C3=C(CCCC3=O)N(C)C3=C2C(=O)CCC3)ccc1OCc1cccc(Cl)c1. The Bertz CT molecular complexity index is 1180. The molecule has 2 aliphatic carbocycles. The van der Waals surface area contributed by atoms with Crippen molar-refractivity contribution in [3.8, 4) is 11.5 Å². The van der Waals surface area contributed by atoms with Crippen molar-refractivity contribution in [3.63, 3.8) is 0 Å². The summed E-state index contributed by atoms with van der Waals surface area (Å²) in [6.07, 6.45) is 4.47. The van der Waals surface area contributed by atoms with E-state index in [9.17, 15) is 9.59 Å². The third kappa shape index (κ3) is 4.03. The highest BCUT2D eigenvalue weighted by Crippen LogP contribution is 2.49. The second-order valence-corrected chi connectivity index (χ2v) is 9.53. The lowest BCUT2D eigenvalue weighted by atomic mass is 9.71. The van der Waals surface area contributed by atoms with Crippen molar-refractivity contribution in [2.75, 3.05) is 14.2 Å². The van der Waals surface area contributed by atoms with Crippen molar-refractivity contribution in [1.29, 1.82) is 0 Å². The molecule has 5 rings (SSSR count). The fourth-order valence-corrected chi connectivity index (χ4v) is 5.67. The number of hydrogen-bond donors (Lipinski definition) is 0. The first-order chi connectivity index (χ1) is 16.5. The standard InChI is InChI=1S/C28H28ClNO4/c1-30-20-8-4-10-22(31)27(20)26(28-21(30)9-5-11-23(28)32)18-12-13-24(25(15-18)33-2)34-16-17-6-3-7-19(29)14-17/h3,6-7,12-15,26H,4-5,8-11,16H2,1-2H3. The maximum Gasteiger partial charge on any atom is 0.161 e. The van der Waals surface area contributed by atoms with E-state index in [0.29, 0.717) is 36.0 Å². The van der Waals surface area contributed by atoms with E-state index in [1.807, 2.05) is 49.5 Å². The predicted octanol–water partition coefficient (Wildman–Crippen LogP) is 5.97. The molecule has 0 bridgehead atoms. The molecule has 0 spiro atoms. The third-order valence-electron chi connectivity index (χ3n) is 7.05. The van der Waals surface area contributed by atoms with Crippen LogP contribution >= 0.6 is 11.6 Å². The van der Waals surface area contributed by atoms with Gasteiger partial charge in [0.15, 0.2) is 23.1 Å². The second kappa shape index (κ2) is 9.30. The van der Waals surface area contributed by atoms with Gasteiger partial charge in [-0.25, -0.2) is 0 Å². The zero-order valence-electron chi connectivity index (χ0n) is 19.5. The Morgan fingerprint density at radius 2 is 1.59 bits per heavy atom. The minimum absolute atomic E-state index is 0.142. The summed E-state index contributed by atoms with van der Waals surface area (Å²) >= 11 is 6.09. The molecule has 2 aromatic rings. The van der Waals surface area contributed by atoms with E-state index in [1.54, 1.807) is 7.11 Å². The lowest BCUT2D eigenvalue weighted by Crippen LogP contribution is -2.37. The number of rotatable bonds is 5. The van der Waals surface area contributed by atoms with Gasteiger partial charge in [0, 0.05) is 53.4 Å². The van der Waals surface area contributed by atoms with Crippen molar-refractivity contribution in [2.45, 2.75) is 51.0 Å². The largest absolute Gasteiger partial charge is 0.493 e. The molecule has 2 aromatic carbocycles. The highest BCUT2D eigenvalue weighted by atomic mass is 35.5. The number of carbonyl (C=O) groups is 2. The molecule has 1 aliphatic heterocycles. The highest BCUT2D eigenvalue weighted by molar-refractivity contribution is 6.30. The molecule has 3 aliphatic rings. The van der Waals surface area contributed by atoms with Crippen LogP contribution in [0.5, 0.6) is 11.5 Å². The molecule has 5 nitrogen and oxygen atoms in total. The van der Waals surface area contributed by atoms with Crippen molar-refractivity contribution in [2.24, 2.45) is 0 Å². The average molecular weight is 478 g/mol. The zero-order valence-corrected chi connectivity index (χ0v) is 20.3. The van der Waals surface area contributed by atoms with Crippen molar-refractivity contribution < 1.29 is 19.1 Å². The van der Waals surface area contributed by atoms with E-state index in [-0.39, 0.29) is 17.5 Å². The number of allylic oxidation sites excluding steroid dienone is 4. The Morgan fingerprint density at radius 1 is 0.912 bits per heavy atom. The van der Waals surface area contributed by atoms with Crippen molar-refractivity contribution >= 4 is 23.2 Å². The molecule has 6 heteroatoms. The summed E-state index contributed by atoms with van der Waals surface area (Å²) in [5.41, 5.74) is 5.53. The molecule has 0 radical (unpaired) electrons. The molecular weight excluding hydrogens is 450 g/mol. The predicted molar refractivity (Wildman–Crippen MR) is 131 cm³/mol. The summed E-state index contributed by atoms with van der Waals surface area (Å²) in [6.45, 7) is 0.353. The van der Waals surface area contributed by atoms with E-state index >= 15 is 0 Å². The molecule has 0 saturated carbocycles. The second-order valence-electron chi connectivity index (χ2n) is 9.10. The van der Waals surface area contributed by atoms with Gasteiger partial charge in [-0.3, -0.25) is 9.59 Å². The number of halogens is 1. The summed E-state index contributed by atoms with van der Waals surface area (Å²) in [4.78, 5) is 28.4. The zero-order chi connectivity index (χ0) is 23.8. The molecular formula is C28H28ClNO4. The molecule has 1 heterocycles. The summed E-state index contributed by atoms with van der Waals surface area (Å²) in [5.74, 6) is 1.12. The molecule has 176 valence electrons. The van der Waals surface area contributed by atoms with Crippen LogP contribution in [0.15, 0.2) is 65.0 Å². The Morgan fingerprint density at radius 3 is 2.21 bits per heavy atom. The van der Waals surface area contributed by atoms with Crippen LogP contribution in [0.25, 0.3) is 0 Å². The maximum atomic E-state index is 13.2. The van der Waals surface area contributed by atoms with Gasteiger partial charge in [-0.05, 0) is 61.1 Å². The number of methoxy groups -OCH3 is 1. The van der Waals surface area contributed by atoms with Gasteiger partial charge in [0.25, 0.3) is 0 Å². The Balaban J connectivity index is 1.54. The number of Topliss-reactive ketones (excluding diaryl/α,β-unsaturated/α-hetero) is 2. The maximum absolute atomic E-state index is 13.2. The summed E-state index contributed by atoms with van der Waals surface area (Å²) in [5, 5.41) is 0.660. The van der Waals surface area contributed by atoms with Crippen LogP contribution in [0.4, 0.5) is 0 Å². The molecule has 0 atom stereocenters. The first kappa shape index (κ1) is 22.7. The first-order valence-electron chi connectivity index (χ1n) is 11.8. The van der Waals surface area contributed by atoms with Crippen molar-refractivity contribution in [1.82, 2.24) is 4.90 Å². The van der Waals surface area contributed by atoms with E-state index in [1.165, 1.54) is 0 Å². The van der Waals surface area contributed by atoms with Crippen LogP contribution in [-0.4, -0.2) is 30.6 Å². The average Bonchev–Trinajstić information content (AvgIpc) is 2.84. The van der Waals surface area contributed by atoms with Gasteiger partial charge in [0.2, 0.25) is 0 Å². The van der Waals surface area contributed by atoms with Crippen LogP contribution in [0.2, 0.25) is 5.02 Å². The van der Waals surface area contributed by atoms with E-state index in [2.05, 4.69) is 4.90 Å². The monoisotopic (exact) mass is 477 g/mol. The molecule has 0 saturated heterocycles. The summed E-state index contributed by atoms with van der Waals surface area (Å²) in [6, 6.07) is 13.3. The summed E-state index contributed by atoms with van der Waals surface area (Å²) < 4.78 is 11.7. The Kier molecular flexibility index (Phi) is 6.22. The van der Waals surface area contributed by atoms with E-state index in [4.69, 9.17) is 21.1 Å². The number of nitrogens with zero attached hydrogens (tertiary/aromatic N) is 1. The molecule has 0 unspecified atom stereocenters. The van der Waals surface area contributed by atoms with Crippen LogP contribution in [0.1, 0.15) is 55.6 Å². The molecule has 34 heavy (non-hydrogen) atoms. The lowest BCUT2D eigenvalue weighted by molar-refractivity contribution is -0.117. The smallest absolute Gasteiger partial charge is 0.161 e. The van der Waals surface area contributed by atoms with Crippen LogP contribution < -0.4 is 9.47 Å². The minimum Gasteiger partial charge on any atom is -0.493 e. The van der Waals surface area contributed by atoms with Gasteiger partial charge in [0.1, 0.15) is 6.61 Å². The number of benzene rings is 2. The lowest BCUT2D eigenvalue weighted by Gasteiger charge is -2.42. The Hall–Kier alpha value is -3.05. The van der Waals surface area contributed by atoms with Gasteiger partial charge >= 0.3 is 0 Å². The van der Waals surface area contributed by atoms with Gasteiger partial charge in [-0.1, -0.05) is 29.8 Å². The van der Waals surface area contributed by atoms with E-state index in [0.717, 1.165) is 59.4 Å². The van der Waals surface area contributed by atoms with Gasteiger partial charge in [-0.2, -0.15) is 0 Å². The minimum atomic E-state index is -0.349. The first-order valence-corrected chi connectivity index (χ1v) is 12.2. The van der Waals surface area contributed by atoms with Crippen LogP contribution in [-0.2, 0) is 16.2 Å². The topological polar surface area (TPSA) is 55.8 Å². The number of carbonyl (C=O) groups excluding carboxylic acids is 2. The number of hydrogen-bond acceptors (Lipinski definition) is 5. The van der Waals surface area contributed by atoms with E-state index < -0.39 is 0 Å². The highest BCUT2D eigenvalue weighted by Gasteiger charge is 2.42. The summed E-state index contributed by atoms with van der Waals surface area (Å²) in [7, 11) is 3.61. The molecule has 0 aromatic heterocycles. The number of ether oxygens (including phenoxy) is 2. The van der Waals surface area contributed by atoms with Crippen molar-refractivity contribution in [3.05, 3.63) is 81.2 Å². The van der Waals surface area contributed by atoms with Gasteiger partial charge < -0.3 is 14.4 Å². The fourth-order valence-electron chi connectivity index (χ4n) is 5.46. The van der Waals surface area contributed by atoms with Crippen LogP contribution in [0.3, 0.4) is 0 Å².